The average Bonchev–Trinajstić information content (AvgIpc) is 3.46. The normalized spacial score (nSPS) is 14.7. The van der Waals surface area contributed by atoms with Crippen LogP contribution < -0.4 is 16.6 Å². The lowest BCUT2D eigenvalue weighted by atomic mass is 10.1. The summed E-state index contributed by atoms with van der Waals surface area (Å²) < 4.78 is 1.81. The van der Waals surface area contributed by atoms with Crippen LogP contribution in [0.25, 0.3) is 15.6 Å². The largest absolute Gasteiger partial charge is 0.371 e. The molecule has 136 valence electrons. The summed E-state index contributed by atoms with van der Waals surface area (Å²) in [5.74, 6) is 0.438. The van der Waals surface area contributed by atoms with Gasteiger partial charge in [-0.15, -0.1) is 0 Å². The first-order chi connectivity index (χ1) is 13.0. The zero-order valence-corrected chi connectivity index (χ0v) is 15.4. The van der Waals surface area contributed by atoms with Crippen molar-refractivity contribution in [1.29, 1.82) is 0 Å². The van der Waals surface area contributed by atoms with E-state index < -0.39 is 0 Å². The zero-order valence-electron chi connectivity index (χ0n) is 14.6. The molecule has 0 unspecified atom stereocenters. The predicted octanol–water partition coefficient (Wildman–Crippen LogP) is 4.09. The smallest absolute Gasteiger partial charge is 0.260 e. The Bertz CT molecular complexity index is 1150. The number of hydrogen-bond donors (Lipinski definition) is 2. The molecule has 0 amide bonds. The SMILES string of the molecule is [C-]#[N+]c1cnc(N)nc1N[C@@H](C)c1cc2cccc(Cl)c2c(=O)n1C1CC1. The van der Waals surface area contributed by atoms with E-state index in [1.807, 2.05) is 29.7 Å². The molecule has 0 aliphatic heterocycles. The Morgan fingerprint density at radius 3 is 2.93 bits per heavy atom. The Balaban J connectivity index is 1.84. The van der Waals surface area contributed by atoms with Gasteiger partial charge in [0, 0.05) is 17.9 Å². The van der Waals surface area contributed by atoms with Gasteiger partial charge in [-0.1, -0.05) is 23.7 Å². The Kier molecular flexibility index (Phi) is 4.21. The van der Waals surface area contributed by atoms with Crippen LogP contribution in [-0.2, 0) is 0 Å². The minimum Gasteiger partial charge on any atom is -0.371 e. The van der Waals surface area contributed by atoms with Gasteiger partial charge in [-0.3, -0.25) is 4.79 Å². The molecule has 1 atom stereocenters. The molecule has 2 heterocycles. The van der Waals surface area contributed by atoms with Crippen molar-refractivity contribution in [2.24, 2.45) is 0 Å². The number of nitrogen functional groups attached to an aromatic ring is 1. The van der Waals surface area contributed by atoms with E-state index in [2.05, 4.69) is 20.1 Å². The standard InChI is InChI=1S/C19H17ClN6O/c1-10(24-17-14(22-2)9-23-19(21)25-17)15-8-11-4-3-5-13(20)16(11)18(27)26(15)12-6-7-12/h3-5,8-10,12H,6-7H2,1H3,(H3,21,23,24,25)/t10-/m0/s1. The number of nitrogens with zero attached hydrogens (tertiary/aromatic N) is 4. The molecule has 27 heavy (non-hydrogen) atoms. The zero-order chi connectivity index (χ0) is 19.1. The maximum Gasteiger partial charge on any atom is 0.260 e. The van der Waals surface area contributed by atoms with Crippen LogP contribution in [-0.4, -0.2) is 14.5 Å². The van der Waals surface area contributed by atoms with Crippen LogP contribution in [0.5, 0.6) is 0 Å². The van der Waals surface area contributed by atoms with E-state index in [0.717, 1.165) is 23.9 Å². The van der Waals surface area contributed by atoms with E-state index in [0.29, 0.717) is 16.2 Å². The van der Waals surface area contributed by atoms with Crippen LogP contribution in [0.1, 0.15) is 37.5 Å². The number of nitrogens with two attached hydrogens (primary N) is 1. The van der Waals surface area contributed by atoms with Crippen LogP contribution in [0.15, 0.2) is 35.3 Å². The summed E-state index contributed by atoms with van der Waals surface area (Å²) in [4.78, 5) is 24.6. The average molecular weight is 381 g/mol. The highest BCUT2D eigenvalue weighted by atomic mass is 35.5. The van der Waals surface area contributed by atoms with Crippen LogP contribution in [0.4, 0.5) is 17.5 Å². The third kappa shape index (κ3) is 3.09. The van der Waals surface area contributed by atoms with Gasteiger partial charge in [0.2, 0.25) is 11.6 Å². The molecule has 8 heteroatoms. The maximum atomic E-state index is 13.1. The Labute approximate surface area is 160 Å². The van der Waals surface area contributed by atoms with Crippen LogP contribution in [0, 0.1) is 6.57 Å². The minimum atomic E-state index is -0.267. The second-order valence-electron chi connectivity index (χ2n) is 6.62. The molecule has 1 aliphatic carbocycles. The number of nitrogens with one attached hydrogen (secondary N) is 1. The molecule has 0 radical (unpaired) electrons. The first-order valence-corrected chi connectivity index (χ1v) is 8.97. The van der Waals surface area contributed by atoms with E-state index in [1.165, 1.54) is 6.20 Å². The fourth-order valence-electron chi connectivity index (χ4n) is 3.25. The number of benzene rings is 1. The van der Waals surface area contributed by atoms with Crippen molar-refractivity contribution in [3.8, 4) is 0 Å². The second kappa shape index (κ2) is 6.56. The summed E-state index contributed by atoms with van der Waals surface area (Å²) in [6, 6.07) is 7.32. The van der Waals surface area contributed by atoms with Crippen molar-refractivity contribution >= 4 is 39.8 Å². The molecule has 4 rings (SSSR count). The lowest BCUT2D eigenvalue weighted by Crippen LogP contribution is -2.26. The topological polar surface area (TPSA) is 90.2 Å². The molecule has 1 fully saturated rings. The summed E-state index contributed by atoms with van der Waals surface area (Å²) in [7, 11) is 0. The van der Waals surface area contributed by atoms with E-state index in [-0.39, 0.29) is 29.3 Å². The summed E-state index contributed by atoms with van der Waals surface area (Å²) in [5, 5.41) is 5.00. The van der Waals surface area contributed by atoms with Gasteiger partial charge >= 0.3 is 0 Å². The van der Waals surface area contributed by atoms with Gasteiger partial charge < -0.3 is 15.6 Å². The van der Waals surface area contributed by atoms with Crippen molar-refractivity contribution < 1.29 is 0 Å². The maximum absolute atomic E-state index is 13.1. The van der Waals surface area contributed by atoms with Crippen molar-refractivity contribution in [3.63, 3.8) is 0 Å². The predicted molar refractivity (Wildman–Crippen MR) is 106 cm³/mol. The molecule has 0 spiro atoms. The molecule has 0 bridgehead atoms. The lowest BCUT2D eigenvalue weighted by molar-refractivity contribution is 0.636. The molecule has 1 aliphatic rings. The van der Waals surface area contributed by atoms with Gasteiger partial charge in [0.15, 0.2) is 0 Å². The van der Waals surface area contributed by atoms with Gasteiger partial charge in [0.05, 0.1) is 23.0 Å². The summed E-state index contributed by atoms with van der Waals surface area (Å²) in [6.07, 6.45) is 3.31. The molecule has 0 saturated heterocycles. The highest BCUT2D eigenvalue weighted by Gasteiger charge is 2.29. The van der Waals surface area contributed by atoms with Crippen molar-refractivity contribution in [1.82, 2.24) is 14.5 Å². The third-order valence-corrected chi connectivity index (χ3v) is 4.99. The highest BCUT2D eigenvalue weighted by molar-refractivity contribution is 6.35. The van der Waals surface area contributed by atoms with Gasteiger partial charge in [-0.05, 0) is 37.3 Å². The summed E-state index contributed by atoms with van der Waals surface area (Å²) in [6.45, 7) is 9.21. The van der Waals surface area contributed by atoms with Crippen molar-refractivity contribution in [2.75, 3.05) is 11.1 Å². The first kappa shape index (κ1) is 17.3. The van der Waals surface area contributed by atoms with E-state index >= 15 is 0 Å². The van der Waals surface area contributed by atoms with E-state index in [4.69, 9.17) is 23.9 Å². The molecular formula is C19H17ClN6O. The fraction of sp³-hybridized carbons (Fsp3) is 0.263. The molecular weight excluding hydrogens is 364 g/mol. The lowest BCUT2D eigenvalue weighted by Gasteiger charge is -2.22. The van der Waals surface area contributed by atoms with Crippen molar-refractivity contribution in [3.05, 3.63) is 62.9 Å². The molecule has 3 N–H and O–H groups in total. The monoisotopic (exact) mass is 380 g/mol. The molecule has 1 saturated carbocycles. The highest BCUT2D eigenvalue weighted by Crippen LogP contribution is 2.38. The molecule has 7 nitrogen and oxygen atoms in total. The Morgan fingerprint density at radius 2 is 2.22 bits per heavy atom. The van der Waals surface area contributed by atoms with Gasteiger partial charge in [-0.2, -0.15) is 0 Å². The third-order valence-electron chi connectivity index (χ3n) is 4.68. The van der Waals surface area contributed by atoms with Crippen LogP contribution in [0.2, 0.25) is 5.02 Å². The van der Waals surface area contributed by atoms with E-state index in [9.17, 15) is 4.79 Å². The molecule has 1 aromatic carbocycles. The minimum absolute atomic E-state index is 0.0852. The summed E-state index contributed by atoms with van der Waals surface area (Å²) in [5.41, 5.74) is 6.68. The van der Waals surface area contributed by atoms with Crippen molar-refractivity contribution in [2.45, 2.75) is 31.8 Å². The number of pyridine rings is 1. The number of anilines is 2. The second-order valence-corrected chi connectivity index (χ2v) is 7.03. The van der Waals surface area contributed by atoms with Gasteiger partial charge in [0.25, 0.3) is 5.56 Å². The fourth-order valence-corrected chi connectivity index (χ4v) is 3.52. The van der Waals surface area contributed by atoms with Crippen LogP contribution in [0.3, 0.4) is 0 Å². The molecule has 3 aromatic rings. The summed E-state index contributed by atoms with van der Waals surface area (Å²) >= 11 is 6.29. The van der Waals surface area contributed by atoms with E-state index in [1.54, 1.807) is 6.07 Å². The number of halogens is 1. The quantitative estimate of drug-likeness (QED) is 0.665. The Hall–Kier alpha value is -3.11. The van der Waals surface area contributed by atoms with Gasteiger partial charge in [-0.25, -0.2) is 14.8 Å². The number of fused-ring (bicyclic) bond motifs is 1. The van der Waals surface area contributed by atoms with Crippen LogP contribution >= 0.6 is 11.6 Å². The van der Waals surface area contributed by atoms with Gasteiger partial charge in [0.1, 0.15) is 5.82 Å². The first-order valence-electron chi connectivity index (χ1n) is 8.59. The number of aromatic nitrogens is 3. The molecule has 2 aromatic heterocycles. The Morgan fingerprint density at radius 1 is 1.44 bits per heavy atom. The number of hydrogen-bond acceptors (Lipinski definition) is 5. The number of rotatable bonds is 4.